The molecule has 0 aliphatic carbocycles. The molecule has 178 valence electrons. The molecule has 1 atom stereocenters. The van der Waals surface area contributed by atoms with Gasteiger partial charge < -0.3 is 29.7 Å². The van der Waals surface area contributed by atoms with Crippen LogP contribution in [0.3, 0.4) is 0 Å². The lowest BCUT2D eigenvalue weighted by atomic mass is 9.95. The Kier molecular flexibility index (Phi) is 8.28. The molecule has 1 unspecified atom stereocenters. The third kappa shape index (κ3) is 6.24. The molecule has 0 saturated carbocycles. The highest BCUT2D eigenvalue weighted by molar-refractivity contribution is 5.95. The molecular formula is C23H29N3O7. The Bertz CT molecular complexity index is 926. The Morgan fingerprint density at radius 2 is 1.85 bits per heavy atom. The van der Waals surface area contributed by atoms with Crippen LogP contribution in [0.5, 0.6) is 5.75 Å². The number of carbonyl (C=O) groups excluding carboxylic acids is 4. The van der Waals surface area contributed by atoms with Crippen molar-refractivity contribution in [3.8, 4) is 5.75 Å². The van der Waals surface area contributed by atoms with Crippen molar-refractivity contribution in [2.75, 3.05) is 33.4 Å². The molecule has 0 bridgehead atoms. The predicted octanol–water partition coefficient (Wildman–Crippen LogP) is 1.81. The van der Waals surface area contributed by atoms with Crippen molar-refractivity contribution in [2.45, 2.75) is 38.6 Å². The summed E-state index contributed by atoms with van der Waals surface area (Å²) in [5.74, 6) is -0.710. The summed E-state index contributed by atoms with van der Waals surface area (Å²) in [7, 11) is 1.54. The van der Waals surface area contributed by atoms with Crippen LogP contribution in [0.1, 0.15) is 44.2 Å². The highest BCUT2D eigenvalue weighted by atomic mass is 16.5. The number of nitrogens with zero attached hydrogens (tertiary/aromatic N) is 1. The van der Waals surface area contributed by atoms with E-state index >= 15 is 0 Å². The summed E-state index contributed by atoms with van der Waals surface area (Å²) in [6, 6.07) is 5.53. The average molecular weight is 459 g/mol. The fourth-order valence-electron chi connectivity index (χ4n) is 3.79. The number of benzene rings is 1. The Labute approximate surface area is 192 Å². The van der Waals surface area contributed by atoms with Crippen LogP contribution in [-0.2, 0) is 23.9 Å². The molecule has 10 heteroatoms. The molecule has 1 aromatic rings. The van der Waals surface area contributed by atoms with Gasteiger partial charge in [-0.05, 0) is 37.5 Å². The minimum Gasteiger partial charge on any atom is -0.497 e. The number of hydrogen-bond acceptors (Lipinski definition) is 7. The van der Waals surface area contributed by atoms with E-state index in [4.69, 9.17) is 14.2 Å². The molecule has 1 saturated heterocycles. The third-order valence-electron chi connectivity index (χ3n) is 5.47. The summed E-state index contributed by atoms with van der Waals surface area (Å²) in [6.45, 7) is 1.80. The summed E-state index contributed by atoms with van der Waals surface area (Å²) in [4.78, 5) is 51.1. The lowest BCUT2D eigenvalue weighted by Gasteiger charge is -2.29. The van der Waals surface area contributed by atoms with E-state index in [1.54, 1.807) is 31.2 Å². The third-order valence-corrected chi connectivity index (χ3v) is 5.47. The number of nitrogens with one attached hydrogen (secondary N) is 2. The van der Waals surface area contributed by atoms with E-state index in [1.807, 2.05) is 0 Å². The van der Waals surface area contributed by atoms with Crippen LogP contribution in [0.25, 0.3) is 0 Å². The van der Waals surface area contributed by atoms with Gasteiger partial charge in [0.15, 0.2) is 0 Å². The van der Waals surface area contributed by atoms with Crippen LogP contribution in [-0.4, -0.2) is 62.2 Å². The first kappa shape index (κ1) is 24.1. The number of likely N-dealkylation sites (tertiary alicyclic amines) is 1. The zero-order chi connectivity index (χ0) is 23.8. The predicted molar refractivity (Wildman–Crippen MR) is 117 cm³/mol. The van der Waals surface area contributed by atoms with Gasteiger partial charge in [-0.3, -0.25) is 9.59 Å². The van der Waals surface area contributed by atoms with Crippen molar-refractivity contribution in [3.05, 3.63) is 41.1 Å². The first-order chi connectivity index (χ1) is 15.9. The van der Waals surface area contributed by atoms with Crippen LogP contribution < -0.4 is 15.4 Å². The topological polar surface area (TPSA) is 123 Å². The number of esters is 2. The number of urea groups is 1. The quantitative estimate of drug-likeness (QED) is 0.568. The lowest BCUT2D eigenvalue weighted by molar-refractivity contribution is -0.148. The van der Waals surface area contributed by atoms with E-state index < -0.39 is 24.0 Å². The average Bonchev–Trinajstić information content (AvgIpc) is 3.01. The second-order valence-electron chi connectivity index (χ2n) is 7.70. The maximum atomic E-state index is 12.8. The first-order valence-corrected chi connectivity index (χ1v) is 11.0. The molecule has 2 heterocycles. The summed E-state index contributed by atoms with van der Waals surface area (Å²) in [5, 5.41) is 5.26. The maximum absolute atomic E-state index is 12.8. The summed E-state index contributed by atoms with van der Waals surface area (Å²) in [6.07, 6.45) is 3.00. The van der Waals surface area contributed by atoms with Crippen molar-refractivity contribution in [3.63, 3.8) is 0 Å². The smallest absolute Gasteiger partial charge is 0.338 e. The molecule has 2 N–H and O–H groups in total. The molecule has 0 aromatic heterocycles. The van der Waals surface area contributed by atoms with E-state index in [0.717, 1.165) is 19.3 Å². The van der Waals surface area contributed by atoms with Crippen molar-refractivity contribution < 1.29 is 33.4 Å². The second-order valence-corrected chi connectivity index (χ2v) is 7.70. The number of ether oxygens (including phenoxy) is 3. The van der Waals surface area contributed by atoms with Gasteiger partial charge in [0.05, 0.1) is 31.0 Å². The first-order valence-electron chi connectivity index (χ1n) is 11.0. The molecule has 33 heavy (non-hydrogen) atoms. The van der Waals surface area contributed by atoms with Crippen LogP contribution in [0, 0.1) is 0 Å². The van der Waals surface area contributed by atoms with Crippen molar-refractivity contribution >= 4 is 23.9 Å². The molecule has 2 aliphatic rings. The fourth-order valence-corrected chi connectivity index (χ4v) is 3.79. The number of amides is 3. The summed E-state index contributed by atoms with van der Waals surface area (Å²) >= 11 is 0. The van der Waals surface area contributed by atoms with Crippen molar-refractivity contribution in [1.29, 1.82) is 0 Å². The van der Waals surface area contributed by atoms with E-state index in [2.05, 4.69) is 10.6 Å². The summed E-state index contributed by atoms with van der Waals surface area (Å²) < 4.78 is 15.7. The highest BCUT2D eigenvalue weighted by Gasteiger charge is 2.34. The highest BCUT2D eigenvalue weighted by Crippen LogP contribution is 2.29. The van der Waals surface area contributed by atoms with Gasteiger partial charge in [0.2, 0.25) is 5.91 Å². The van der Waals surface area contributed by atoms with E-state index in [1.165, 1.54) is 12.0 Å². The Hall–Kier alpha value is -3.56. The Morgan fingerprint density at radius 3 is 2.55 bits per heavy atom. The van der Waals surface area contributed by atoms with Gasteiger partial charge in [0, 0.05) is 13.0 Å². The van der Waals surface area contributed by atoms with Crippen LogP contribution in [0.15, 0.2) is 35.5 Å². The zero-order valence-corrected chi connectivity index (χ0v) is 18.8. The van der Waals surface area contributed by atoms with Gasteiger partial charge in [0.1, 0.15) is 18.9 Å². The Balaban J connectivity index is 1.80. The lowest BCUT2D eigenvalue weighted by Crippen LogP contribution is -2.47. The minimum atomic E-state index is -0.801. The van der Waals surface area contributed by atoms with Crippen LogP contribution >= 0.6 is 0 Å². The summed E-state index contributed by atoms with van der Waals surface area (Å²) in [5.41, 5.74) is 0.904. The van der Waals surface area contributed by atoms with Crippen molar-refractivity contribution in [1.82, 2.24) is 15.5 Å². The molecule has 3 amide bonds. The van der Waals surface area contributed by atoms with Gasteiger partial charge in [0.25, 0.3) is 0 Å². The van der Waals surface area contributed by atoms with Gasteiger partial charge >= 0.3 is 18.0 Å². The van der Waals surface area contributed by atoms with Gasteiger partial charge in [-0.25, -0.2) is 9.59 Å². The maximum Gasteiger partial charge on any atom is 0.338 e. The van der Waals surface area contributed by atoms with E-state index in [-0.39, 0.29) is 36.9 Å². The fraction of sp³-hybridized carbons (Fsp3) is 0.478. The Morgan fingerprint density at radius 1 is 1.09 bits per heavy atom. The molecular weight excluding hydrogens is 430 g/mol. The van der Waals surface area contributed by atoms with Crippen LogP contribution in [0.4, 0.5) is 4.79 Å². The molecule has 0 spiro atoms. The normalized spacial score (nSPS) is 18.7. The second kappa shape index (κ2) is 11.3. The molecule has 1 fully saturated rings. The van der Waals surface area contributed by atoms with Crippen molar-refractivity contribution in [2.24, 2.45) is 0 Å². The van der Waals surface area contributed by atoms with Gasteiger partial charge in [-0.15, -0.1) is 0 Å². The number of carbonyl (C=O) groups is 4. The number of methoxy groups -OCH3 is 1. The van der Waals surface area contributed by atoms with Gasteiger partial charge in [-0.1, -0.05) is 18.6 Å². The standard InChI is InChI=1S/C23H29N3O7/c1-3-32-22(29)20-17(14-33-19(28)13-26-12-6-4-5-7-18(26)27)24-23(30)25-21(20)15-8-10-16(31-2)11-9-15/h8-11,21H,3-7,12-14H2,1-2H3,(H2,24,25,30). The minimum absolute atomic E-state index is 0.0781. The number of hydrogen-bond donors (Lipinski definition) is 2. The molecule has 2 aliphatic heterocycles. The molecule has 3 rings (SSSR count). The molecule has 1 aromatic carbocycles. The zero-order valence-electron chi connectivity index (χ0n) is 18.8. The van der Waals surface area contributed by atoms with Gasteiger partial charge in [-0.2, -0.15) is 0 Å². The van der Waals surface area contributed by atoms with Crippen LogP contribution in [0.2, 0.25) is 0 Å². The molecule has 10 nitrogen and oxygen atoms in total. The SMILES string of the molecule is CCOC(=O)C1=C(COC(=O)CN2CCCCCC2=O)NC(=O)NC1c1ccc(OC)cc1. The largest absolute Gasteiger partial charge is 0.497 e. The monoisotopic (exact) mass is 459 g/mol. The molecule has 0 radical (unpaired) electrons. The van der Waals surface area contributed by atoms with E-state index in [0.29, 0.717) is 24.3 Å². The van der Waals surface area contributed by atoms with E-state index in [9.17, 15) is 19.2 Å². The number of rotatable bonds is 8.